The number of hydrogen-bond donors (Lipinski definition) is 1. The molecule has 0 aliphatic heterocycles. The molecule has 108 valence electrons. The van der Waals surface area contributed by atoms with Gasteiger partial charge in [0.25, 0.3) is 0 Å². The lowest BCUT2D eigenvalue weighted by Gasteiger charge is -2.16. The quantitative estimate of drug-likeness (QED) is 0.842. The van der Waals surface area contributed by atoms with Gasteiger partial charge in [0.05, 0.1) is 11.0 Å². The maximum atomic E-state index is 11.8. The highest BCUT2D eigenvalue weighted by Crippen LogP contribution is 2.16. The van der Waals surface area contributed by atoms with Gasteiger partial charge in [0.1, 0.15) is 0 Å². The van der Waals surface area contributed by atoms with Gasteiger partial charge >= 0.3 is 0 Å². The van der Waals surface area contributed by atoms with Crippen LogP contribution in [-0.4, -0.2) is 26.0 Å². The number of rotatable bonds is 7. The van der Waals surface area contributed by atoms with E-state index in [2.05, 4.69) is 0 Å². The van der Waals surface area contributed by atoms with E-state index in [9.17, 15) is 8.42 Å². The minimum Gasteiger partial charge on any atom is -0.330 e. The van der Waals surface area contributed by atoms with E-state index in [1.165, 1.54) is 0 Å². The van der Waals surface area contributed by atoms with Crippen LogP contribution in [0.1, 0.15) is 25.8 Å². The van der Waals surface area contributed by atoms with E-state index >= 15 is 0 Å². The number of nitrogens with two attached hydrogens (primary N) is 1. The highest BCUT2D eigenvalue weighted by molar-refractivity contribution is 7.91. The third-order valence-electron chi connectivity index (χ3n) is 3.30. The second kappa shape index (κ2) is 7.27. The van der Waals surface area contributed by atoms with Crippen molar-refractivity contribution in [1.82, 2.24) is 0 Å². The molecule has 1 rings (SSSR count). The molecule has 1 unspecified atom stereocenters. The van der Waals surface area contributed by atoms with Gasteiger partial charge in [-0.25, -0.2) is 8.42 Å². The zero-order valence-electron chi connectivity index (χ0n) is 11.5. The molecule has 19 heavy (non-hydrogen) atoms. The van der Waals surface area contributed by atoms with Crippen molar-refractivity contribution in [3.8, 4) is 0 Å². The first-order chi connectivity index (χ1) is 8.85. The van der Waals surface area contributed by atoms with Crippen molar-refractivity contribution in [2.24, 2.45) is 11.7 Å². The van der Waals surface area contributed by atoms with Gasteiger partial charge in [-0.2, -0.15) is 0 Å². The van der Waals surface area contributed by atoms with Crippen molar-refractivity contribution in [2.45, 2.75) is 31.9 Å². The molecular formula is C14H22ClNO2S. The molecule has 0 heterocycles. The van der Waals surface area contributed by atoms with Gasteiger partial charge in [-0.15, -0.1) is 0 Å². The topological polar surface area (TPSA) is 60.2 Å². The number of halogens is 1. The lowest BCUT2D eigenvalue weighted by molar-refractivity contribution is 0.509. The zero-order valence-corrected chi connectivity index (χ0v) is 13.0. The van der Waals surface area contributed by atoms with Crippen LogP contribution < -0.4 is 5.73 Å². The molecule has 0 bridgehead atoms. The third kappa shape index (κ3) is 5.51. The molecule has 0 radical (unpaired) electrons. The molecule has 0 spiro atoms. The van der Waals surface area contributed by atoms with Crippen molar-refractivity contribution in [3.05, 3.63) is 34.9 Å². The van der Waals surface area contributed by atoms with E-state index in [-0.39, 0.29) is 16.9 Å². The summed E-state index contributed by atoms with van der Waals surface area (Å²) in [6.45, 7) is 3.92. The molecule has 0 saturated heterocycles. The van der Waals surface area contributed by atoms with Crippen molar-refractivity contribution >= 4 is 21.4 Å². The maximum Gasteiger partial charge on any atom is 0.152 e. The summed E-state index contributed by atoms with van der Waals surface area (Å²) in [5, 5.41) is 0.386. The molecule has 0 amide bonds. The second-order valence-corrected chi connectivity index (χ2v) is 8.25. The summed E-state index contributed by atoms with van der Waals surface area (Å²) >= 11 is 5.83. The molecule has 1 aromatic carbocycles. The summed E-state index contributed by atoms with van der Waals surface area (Å²) in [5.41, 5.74) is 6.88. The Bertz CT molecular complexity index is 483. The van der Waals surface area contributed by atoms with Gasteiger partial charge in [0.2, 0.25) is 0 Å². The predicted molar refractivity (Wildman–Crippen MR) is 81.2 cm³/mol. The van der Waals surface area contributed by atoms with Crippen LogP contribution in [0, 0.1) is 5.92 Å². The molecule has 0 aliphatic rings. The molecule has 5 heteroatoms. The highest BCUT2D eigenvalue weighted by Gasteiger charge is 2.18. The fourth-order valence-electron chi connectivity index (χ4n) is 1.82. The van der Waals surface area contributed by atoms with Gasteiger partial charge in [-0.3, -0.25) is 0 Å². The third-order valence-corrected chi connectivity index (χ3v) is 5.79. The monoisotopic (exact) mass is 303 g/mol. The summed E-state index contributed by atoms with van der Waals surface area (Å²) in [5.74, 6) is 0.398. The van der Waals surface area contributed by atoms with Crippen molar-refractivity contribution in [2.75, 3.05) is 12.3 Å². The van der Waals surface area contributed by atoms with E-state index in [1.807, 2.05) is 24.3 Å². The SMILES string of the molecule is CC(C)S(=O)(=O)CCC(CN)Cc1ccc(Cl)cc1. The average molecular weight is 304 g/mol. The van der Waals surface area contributed by atoms with Crippen LogP contribution in [0.15, 0.2) is 24.3 Å². The average Bonchev–Trinajstić information content (AvgIpc) is 2.36. The molecule has 0 fully saturated rings. The summed E-state index contributed by atoms with van der Waals surface area (Å²) in [4.78, 5) is 0. The van der Waals surface area contributed by atoms with E-state index < -0.39 is 9.84 Å². The first-order valence-corrected chi connectivity index (χ1v) is 8.60. The lowest BCUT2D eigenvalue weighted by Crippen LogP contribution is -2.24. The normalized spacial score (nSPS) is 13.7. The van der Waals surface area contributed by atoms with Gasteiger partial charge in [-0.1, -0.05) is 23.7 Å². The Morgan fingerprint density at radius 2 is 1.79 bits per heavy atom. The van der Waals surface area contributed by atoms with E-state index in [0.29, 0.717) is 18.0 Å². The summed E-state index contributed by atoms with van der Waals surface area (Å²) in [6, 6.07) is 7.61. The fourth-order valence-corrected chi connectivity index (χ4v) is 3.08. The van der Waals surface area contributed by atoms with E-state index in [1.54, 1.807) is 13.8 Å². The number of sulfone groups is 1. The predicted octanol–water partition coefficient (Wildman–Crippen LogP) is 2.67. The molecule has 2 N–H and O–H groups in total. The fraction of sp³-hybridized carbons (Fsp3) is 0.571. The Balaban J connectivity index is 2.57. The van der Waals surface area contributed by atoms with Crippen LogP contribution in [0.2, 0.25) is 5.02 Å². The van der Waals surface area contributed by atoms with Crippen molar-refractivity contribution in [1.29, 1.82) is 0 Å². The standard InChI is InChI=1S/C14H22ClNO2S/c1-11(2)19(17,18)8-7-13(10-16)9-12-3-5-14(15)6-4-12/h3-6,11,13H,7-10,16H2,1-2H3. The Labute approximate surface area is 121 Å². The Hall–Kier alpha value is -0.580. The first kappa shape index (κ1) is 16.5. The highest BCUT2D eigenvalue weighted by atomic mass is 35.5. The molecule has 3 nitrogen and oxygen atoms in total. The molecule has 0 aromatic heterocycles. The molecule has 0 saturated carbocycles. The van der Waals surface area contributed by atoms with Crippen molar-refractivity contribution < 1.29 is 8.42 Å². The van der Waals surface area contributed by atoms with E-state index in [4.69, 9.17) is 17.3 Å². The van der Waals surface area contributed by atoms with Gasteiger partial charge in [0, 0.05) is 5.02 Å². The van der Waals surface area contributed by atoms with Crippen LogP contribution in [0.3, 0.4) is 0 Å². The lowest BCUT2D eigenvalue weighted by atomic mass is 9.97. The largest absolute Gasteiger partial charge is 0.330 e. The van der Waals surface area contributed by atoms with E-state index in [0.717, 1.165) is 12.0 Å². The van der Waals surface area contributed by atoms with Gasteiger partial charge in [0.15, 0.2) is 9.84 Å². The summed E-state index contributed by atoms with van der Waals surface area (Å²) < 4.78 is 23.6. The maximum absolute atomic E-state index is 11.8. The molecule has 0 aliphatic carbocycles. The molecule has 1 atom stereocenters. The Kier molecular flexibility index (Phi) is 6.30. The van der Waals surface area contributed by atoms with Crippen LogP contribution in [0.4, 0.5) is 0 Å². The Morgan fingerprint density at radius 1 is 1.21 bits per heavy atom. The zero-order chi connectivity index (χ0) is 14.5. The summed E-state index contributed by atoms with van der Waals surface area (Å²) in [6.07, 6.45) is 1.40. The van der Waals surface area contributed by atoms with Crippen LogP contribution >= 0.6 is 11.6 Å². The molecular weight excluding hydrogens is 282 g/mol. The van der Waals surface area contributed by atoms with Gasteiger partial charge < -0.3 is 5.73 Å². The minimum absolute atomic E-state index is 0.190. The van der Waals surface area contributed by atoms with Crippen LogP contribution in [0.5, 0.6) is 0 Å². The smallest absolute Gasteiger partial charge is 0.152 e. The summed E-state index contributed by atoms with van der Waals surface area (Å²) in [7, 11) is -2.98. The van der Waals surface area contributed by atoms with Crippen molar-refractivity contribution in [3.63, 3.8) is 0 Å². The van der Waals surface area contributed by atoms with Crippen LogP contribution in [0.25, 0.3) is 0 Å². The first-order valence-electron chi connectivity index (χ1n) is 6.51. The second-order valence-electron chi connectivity index (χ2n) is 5.14. The molecule has 1 aromatic rings. The van der Waals surface area contributed by atoms with Gasteiger partial charge in [-0.05, 0) is 56.8 Å². The van der Waals surface area contributed by atoms with Crippen LogP contribution in [-0.2, 0) is 16.3 Å². The number of benzene rings is 1. The number of hydrogen-bond acceptors (Lipinski definition) is 3. The Morgan fingerprint density at radius 3 is 2.26 bits per heavy atom. The minimum atomic E-state index is -2.98.